The molecule has 2 aliphatic rings. The van der Waals surface area contributed by atoms with Crippen molar-refractivity contribution in [1.82, 2.24) is 5.32 Å². The Hall–Kier alpha value is -0.120. The topological polar surface area (TPSA) is 41.5 Å². The van der Waals surface area contributed by atoms with Gasteiger partial charge in [0.25, 0.3) is 0 Å². The molecule has 3 nitrogen and oxygen atoms in total. The van der Waals surface area contributed by atoms with Crippen LogP contribution in [0.1, 0.15) is 52.9 Å². The van der Waals surface area contributed by atoms with Crippen LogP contribution in [0.15, 0.2) is 0 Å². The standard InChI is InChI=1S/C14H27NO2/c1-11-14(16,8-9-17-11)10-15-12-4-6-13(2,3)7-5-12/h11-12,15-16H,4-10H2,1-3H3. The zero-order chi connectivity index (χ0) is 12.5. The van der Waals surface area contributed by atoms with Gasteiger partial charge in [0.2, 0.25) is 0 Å². The van der Waals surface area contributed by atoms with E-state index in [2.05, 4.69) is 19.2 Å². The molecule has 2 N–H and O–H groups in total. The summed E-state index contributed by atoms with van der Waals surface area (Å²) in [6.45, 7) is 8.04. The third kappa shape index (κ3) is 3.21. The highest BCUT2D eigenvalue weighted by molar-refractivity contribution is 4.93. The molecule has 2 unspecified atom stereocenters. The van der Waals surface area contributed by atoms with Crippen LogP contribution in [0.4, 0.5) is 0 Å². The summed E-state index contributed by atoms with van der Waals surface area (Å²) in [7, 11) is 0. The summed E-state index contributed by atoms with van der Waals surface area (Å²) < 4.78 is 5.45. The molecular formula is C14H27NO2. The van der Waals surface area contributed by atoms with Crippen LogP contribution < -0.4 is 5.32 Å². The zero-order valence-electron chi connectivity index (χ0n) is 11.5. The molecule has 1 saturated heterocycles. The number of hydrogen-bond donors (Lipinski definition) is 2. The van der Waals surface area contributed by atoms with Crippen molar-refractivity contribution in [3.05, 3.63) is 0 Å². The third-order valence-corrected chi connectivity index (χ3v) is 4.70. The van der Waals surface area contributed by atoms with Gasteiger partial charge >= 0.3 is 0 Å². The van der Waals surface area contributed by atoms with Gasteiger partial charge in [-0.3, -0.25) is 0 Å². The molecule has 2 atom stereocenters. The number of nitrogens with one attached hydrogen (secondary N) is 1. The van der Waals surface area contributed by atoms with E-state index in [1.54, 1.807) is 0 Å². The molecule has 3 heteroatoms. The van der Waals surface area contributed by atoms with Gasteiger partial charge in [-0.1, -0.05) is 13.8 Å². The van der Waals surface area contributed by atoms with E-state index in [1.807, 2.05) is 6.92 Å². The summed E-state index contributed by atoms with van der Waals surface area (Å²) in [5, 5.41) is 13.9. The zero-order valence-corrected chi connectivity index (χ0v) is 11.5. The number of hydrogen-bond acceptors (Lipinski definition) is 3. The molecule has 1 aliphatic heterocycles. The second-order valence-electron chi connectivity index (χ2n) is 6.69. The van der Waals surface area contributed by atoms with E-state index >= 15 is 0 Å². The van der Waals surface area contributed by atoms with Crippen molar-refractivity contribution in [2.75, 3.05) is 13.2 Å². The summed E-state index contributed by atoms with van der Waals surface area (Å²) in [5.41, 5.74) is -0.133. The molecule has 1 saturated carbocycles. The molecule has 0 aromatic heterocycles. The number of aliphatic hydroxyl groups is 1. The smallest absolute Gasteiger partial charge is 0.105 e. The molecule has 1 aliphatic carbocycles. The second-order valence-corrected chi connectivity index (χ2v) is 6.69. The molecule has 0 spiro atoms. The SMILES string of the molecule is CC1OCCC1(O)CNC1CCC(C)(C)CC1. The molecule has 0 amide bonds. The molecule has 2 fully saturated rings. The van der Waals surface area contributed by atoms with E-state index in [0.717, 1.165) is 6.42 Å². The maximum Gasteiger partial charge on any atom is 0.105 e. The summed E-state index contributed by atoms with van der Waals surface area (Å²) in [6.07, 6.45) is 5.77. The number of ether oxygens (including phenoxy) is 1. The van der Waals surface area contributed by atoms with Gasteiger partial charge in [-0.25, -0.2) is 0 Å². The monoisotopic (exact) mass is 241 g/mol. The number of rotatable bonds is 3. The first-order valence-electron chi connectivity index (χ1n) is 6.99. The van der Waals surface area contributed by atoms with E-state index < -0.39 is 5.60 Å². The van der Waals surface area contributed by atoms with Crippen LogP contribution in [0, 0.1) is 5.41 Å². The van der Waals surface area contributed by atoms with Crippen LogP contribution in [-0.2, 0) is 4.74 Å². The van der Waals surface area contributed by atoms with Crippen molar-refractivity contribution in [3.8, 4) is 0 Å². The Labute approximate surface area is 105 Å². The van der Waals surface area contributed by atoms with Crippen LogP contribution in [0.2, 0.25) is 0 Å². The highest BCUT2D eigenvalue weighted by atomic mass is 16.5. The van der Waals surface area contributed by atoms with Crippen molar-refractivity contribution in [1.29, 1.82) is 0 Å². The Balaban J connectivity index is 1.76. The molecule has 100 valence electrons. The molecule has 1 heterocycles. The second kappa shape index (κ2) is 4.87. The molecule has 0 bridgehead atoms. The first-order chi connectivity index (χ1) is 7.91. The Morgan fingerprint density at radius 3 is 2.41 bits per heavy atom. The highest BCUT2D eigenvalue weighted by Crippen LogP contribution is 2.35. The van der Waals surface area contributed by atoms with E-state index in [4.69, 9.17) is 4.74 Å². The maximum absolute atomic E-state index is 10.4. The molecule has 0 radical (unpaired) electrons. The molecule has 2 rings (SSSR count). The van der Waals surface area contributed by atoms with Crippen molar-refractivity contribution in [2.45, 2.75) is 70.6 Å². The average molecular weight is 241 g/mol. The average Bonchev–Trinajstić information content (AvgIpc) is 2.58. The Morgan fingerprint density at radius 1 is 1.24 bits per heavy atom. The van der Waals surface area contributed by atoms with Gasteiger partial charge in [-0.05, 0) is 38.0 Å². The normalized spacial score (nSPS) is 38.5. The van der Waals surface area contributed by atoms with Gasteiger partial charge in [0.05, 0.1) is 6.10 Å². The third-order valence-electron chi connectivity index (χ3n) is 4.70. The van der Waals surface area contributed by atoms with Crippen molar-refractivity contribution < 1.29 is 9.84 Å². The molecule has 17 heavy (non-hydrogen) atoms. The predicted octanol–water partition coefficient (Wildman–Crippen LogP) is 2.08. The minimum Gasteiger partial charge on any atom is -0.386 e. The predicted molar refractivity (Wildman–Crippen MR) is 69.0 cm³/mol. The lowest BCUT2D eigenvalue weighted by Gasteiger charge is -2.36. The molecule has 0 aromatic rings. The van der Waals surface area contributed by atoms with Crippen LogP contribution in [0.25, 0.3) is 0 Å². The Kier molecular flexibility index (Phi) is 3.81. The molecule has 0 aromatic carbocycles. The summed E-state index contributed by atoms with van der Waals surface area (Å²) in [4.78, 5) is 0. The van der Waals surface area contributed by atoms with E-state index in [1.165, 1.54) is 25.7 Å². The first kappa shape index (κ1) is 13.3. The van der Waals surface area contributed by atoms with Gasteiger partial charge in [-0.2, -0.15) is 0 Å². The fourth-order valence-corrected chi connectivity index (χ4v) is 2.93. The summed E-state index contributed by atoms with van der Waals surface area (Å²) in [5.74, 6) is 0. The van der Waals surface area contributed by atoms with Gasteiger partial charge in [0.1, 0.15) is 5.60 Å². The lowest BCUT2D eigenvalue weighted by molar-refractivity contribution is -0.0288. The lowest BCUT2D eigenvalue weighted by atomic mass is 9.75. The van der Waals surface area contributed by atoms with E-state index in [9.17, 15) is 5.11 Å². The lowest BCUT2D eigenvalue weighted by Crippen LogP contribution is -2.49. The minimum absolute atomic E-state index is 0.0324. The largest absolute Gasteiger partial charge is 0.386 e. The first-order valence-corrected chi connectivity index (χ1v) is 6.99. The fourth-order valence-electron chi connectivity index (χ4n) is 2.93. The van der Waals surface area contributed by atoms with Gasteiger partial charge in [0, 0.05) is 25.6 Å². The molecular weight excluding hydrogens is 214 g/mol. The van der Waals surface area contributed by atoms with Crippen molar-refractivity contribution in [2.24, 2.45) is 5.41 Å². The quantitative estimate of drug-likeness (QED) is 0.795. The van der Waals surface area contributed by atoms with Gasteiger partial charge in [0.15, 0.2) is 0 Å². The van der Waals surface area contributed by atoms with Crippen LogP contribution in [0.5, 0.6) is 0 Å². The Bertz CT molecular complexity index is 257. The maximum atomic E-state index is 10.4. The summed E-state index contributed by atoms with van der Waals surface area (Å²) in [6, 6.07) is 0.583. The van der Waals surface area contributed by atoms with E-state index in [-0.39, 0.29) is 6.10 Å². The van der Waals surface area contributed by atoms with Crippen molar-refractivity contribution in [3.63, 3.8) is 0 Å². The van der Waals surface area contributed by atoms with Crippen LogP contribution >= 0.6 is 0 Å². The van der Waals surface area contributed by atoms with Crippen molar-refractivity contribution >= 4 is 0 Å². The fraction of sp³-hybridized carbons (Fsp3) is 1.00. The highest BCUT2D eigenvalue weighted by Gasteiger charge is 2.40. The Morgan fingerprint density at radius 2 is 1.88 bits per heavy atom. The summed E-state index contributed by atoms with van der Waals surface area (Å²) >= 11 is 0. The minimum atomic E-state index is -0.646. The van der Waals surface area contributed by atoms with Crippen LogP contribution in [0.3, 0.4) is 0 Å². The van der Waals surface area contributed by atoms with Crippen LogP contribution in [-0.4, -0.2) is 36.0 Å². The van der Waals surface area contributed by atoms with Gasteiger partial charge < -0.3 is 15.2 Å². The van der Waals surface area contributed by atoms with Gasteiger partial charge in [-0.15, -0.1) is 0 Å². The van der Waals surface area contributed by atoms with E-state index in [0.29, 0.717) is 24.6 Å².